The van der Waals surface area contributed by atoms with Crippen molar-refractivity contribution in [1.29, 1.82) is 0 Å². The first-order valence-electron chi connectivity index (χ1n) is 6.60. The second-order valence-corrected chi connectivity index (χ2v) is 5.93. The standard InChI is InChI=1S/C12H20ClN5S/c1-2-14-12-16-9-10(13)11(17-12)15-3-4-18-5-7-19-8-6-18/h9H,2-8H2,1H3,(H2,14,15,16,17). The molecule has 1 fully saturated rings. The summed E-state index contributed by atoms with van der Waals surface area (Å²) >= 11 is 8.11. The van der Waals surface area contributed by atoms with Crippen LogP contribution in [0.3, 0.4) is 0 Å². The molecule has 2 N–H and O–H groups in total. The lowest BCUT2D eigenvalue weighted by atomic mass is 10.4. The molecule has 1 aromatic rings. The Hall–Kier alpha value is -0.720. The first-order valence-corrected chi connectivity index (χ1v) is 8.13. The van der Waals surface area contributed by atoms with Gasteiger partial charge in [0.15, 0.2) is 5.82 Å². The summed E-state index contributed by atoms with van der Waals surface area (Å²) < 4.78 is 0. The average molecular weight is 302 g/mol. The molecule has 0 amide bonds. The molecule has 0 spiro atoms. The number of rotatable bonds is 6. The molecule has 106 valence electrons. The van der Waals surface area contributed by atoms with Crippen LogP contribution >= 0.6 is 23.4 Å². The molecule has 19 heavy (non-hydrogen) atoms. The van der Waals surface area contributed by atoms with Crippen LogP contribution in [-0.2, 0) is 0 Å². The highest BCUT2D eigenvalue weighted by molar-refractivity contribution is 7.99. The molecule has 2 rings (SSSR count). The summed E-state index contributed by atoms with van der Waals surface area (Å²) in [5, 5.41) is 6.93. The van der Waals surface area contributed by atoms with E-state index >= 15 is 0 Å². The Morgan fingerprint density at radius 3 is 2.89 bits per heavy atom. The Bertz CT molecular complexity index is 398. The maximum absolute atomic E-state index is 6.09. The van der Waals surface area contributed by atoms with Gasteiger partial charge in [0.1, 0.15) is 5.02 Å². The second-order valence-electron chi connectivity index (χ2n) is 4.30. The molecule has 0 radical (unpaired) electrons. The van der Waals surface area contributed by atoms with Gasteiger partial charge in [0.2, 0.25) is 5.95 Å². The molecule has 1 aliphatic heterocycles. The van der Waals surface area contributed by atoms with Crippen LogP contribution in [0.5, 0.6) is 0 Å². The van der Waals surface area contributed by atoms with Crippen molar-refractivity contribution >= 4 is 35.1 Å². The first-order chi connectivity index (χ1) is 9.29. The summed E-state index contributed by atoms with van der Waals surface area (Å²) in [5.74, 6) is 3.79. The summed E-state index contributed by atoms with van der Waals surface area (Å²) in [6, 6.07) is 0. The predicted molar refractivity (Wildman–Crippen MR) is 83.5 cm³/mol. The number of hydrogen-bond acceptors (Lipinski definition) is 6. The van der Waals surface area contributed by atoms with Gasteiger partial charge in [-0.2, -0.15) is 16.7 Å². The molecule has 0 unspecified atom stereocenters. The maximum atomic E-state index is 6.09. The van der Waals surface area contributed by atoms with E-state index in [2.05, 4.69) is 25.5 Å². The van der Waals surface area contributed by atoms with E-state index in [4.69, 9.17) is 11.6 Å². The largest absolute Gasteiger partial charge is 0.367 e. The zero-order chi connectivity index (χ0) is 13.5. The summed E-state index contributed by atoms with van der Waals surface area (Å²) in [6.45, 7) is 7.04. The molecule has 0 bridgehead atoms. The lowest BCUT2D eigenvalue weighted by Crippen LogP contribution is -2.36. The van der Waals surface area contributed by atoms with Crippen LogP contribution in [0.25, 0.3) is 0 Å². The summed E-state index contributed by atoms with van der Waals surface area (Å²) in [5.41, 5.74) is 0. The van der Waals surface area contributed by atoms with Gasteiger partial charge in [0.25, 0.3) is 0 Å². The SMILES string of the molecule is CCNc1ncc(Cl)c(NCCN2CCSCC2)n1. The minimum absolute atomic E-state index is 0.566. The van der Waals surface area contributed by atoms with Gasteiger partial charge in [0.05, 0.1) is 6.20 Å². The molecule has 7 heteroatoms. The van der Waals surface area contributed by atoms with Crippen LogP contribution in [0.1, 0.15) is 6.92 Å². The van der Waals surface area contributed by atoms with Crippen LogP contribution < -0.4 is 10.6 Å². The van der Waals surface area contributed by atoms with Crippen molar-refractivity contribution in [3.05, 3.63) is 11.2 Å². The van der Waals surface area contributed by atoms with Gasteiger partial charge < -0.3 is 10.6 Å². The highest BCUT2D eigenvalue weighted by Crippen LogP contribution is 2.19. The van der Waals surface area contributed by atoms with Gasteiger partial charge >= 0.3 is 0 Å². The fraction of sp³-hybridized carbons (Fsp3) is 0.667. The molecule has 0 saturated carbocycles. The molecule has 1 aliphatic rings. The van der Waals surface area contributed by atoms with Crippen LogP contribution in [0.15, 0.2) is 6.20 Å². The van der Waals surface area contributed by atoms with Gasteiger partial charge in [-0.15, -0.1) is 0 Å². The highest BCUT2D eigenvalue weighted by Gasteiger charge is 2.10. The fourth-order valence-corrected chi connectivity index (χ4v) is 3.03. The molecule has 5 nitrogen and oxygen atoms in total. The number of halogens is 1. The van der Waals surface area contributed by atoms with Crippen molar-refractivity contribution < 1.29 is 0 Å². The van der Waals surface area contributed by atoms with Gasteiger partial charge in [-0.25, -0.2) is 4.98 Å². The van der Waals surface area contributed by atoms with E-state index in [0.29, 0.717) is 16.8 Å². The Labute approximate surface area is 123 Å². The number of hydrogen-bond donors (Lipinski definition) is 2. The molecule has 2 heterocycles. The van der Waals surface area contributed by atoms with Crippen molar-refractivity contribution in [3.8, 4) is 0 Å². The lowest BCUT2D eigenvalue weighted by Gasteiger charge is -2.26. The van der Waals surface area contributed by atoms with E-state index < -0.39 is 0 Å². The smallest absolute Gasteiger partial charge is 0.224 e. The second kappa shape index (κ2) is 7.77. The lowest BCUT2D eigenvalue weighted by molar-refractivity contribution is 0.314. The van der Waals surface area contributed by atoms with Gasteiger partial charge in [-0.3, -0.25) is 4.90 Å². The van der Waals surface area contributed by atoms with Gasteiger partial charge in [0, 0.05) is 44.2 Å². The minimum atomic E-state index is 0.566. The molecule has 0 aliphatic carbocycles. The van der Waals surface area contributed by atoms with Crippen molar-refractivity contribution in [2.45, 2.75) is 6.92 Å². The van der Waals surface area contributed by atoms with E-state index in [9.17, 15) is 0 Å². The molecule has 0 atom stereocenters. The number of nitrogens with one attached hydrogen (secondary N) is 2. The third-order valence-corrected chi connectivity index (χ3v) is 4.12. The van der Waals surface area contributed by atoms with E-state index in [1.165, 1.54) is 24.6 Å². The molecule has 1 aromatic heterocycles. The summed E-state index contributed by atoms with van der Waals surface area (Å²) in [7, 11) is 0. The normalized spacial score (nSPS) is 16.3. The van der Waals surface area contributed by atoms with E-state index in [1.54, 1.807) is 6.20 Å². The quantitative estimate of drug-likeness (QED) is 0.838. The highest BCUT2D eigenvalue weighted by atomic mass is 35.5. The average Bonchev–Trinajstić information content (AvgIpc) is 2.44. The third kappa shape index (κ3) is 4.71. The number of nitrogens with zero attached hydrogens (tertiary/aromatic N) is 3. The van der Waals surface area contributed by atoms with E-state index in [1.807, 2.05) is 18.7 Å². The number of thioether (sulfide) groups is 1. The van der Waals surface area contributed by atoms with Crippen molar-refractivity contribution in [1.82, 2.24) is 14.9 Å². The molecule has 0 aromatic carbocycles. The monoisotopic (exact) mass is 301 g/mol. The van der Waals surface area contributed by atoms with Crippen molar-refractivity contribution in [3.63, 3.8) is 0 Å². The fourth-order valence-electron chi connectivity index (χ4n) is 1.89. The van der Waals surface area contributed by atoms with Crippen LogP contribution in [0.2, 0.25) is 5.02 Å². The zero-order valence-electron chi connectivity index (χ0n) is 11.2. The molecular weight excluding hydrogens is 282 g/mol. The van der Waals surface area contributed by atoms with Crippen molar-refractivity contribution in [2.75, 3.05) is 54.9 Å². The van der Waals surface area contributed by atoms with Crippen molar-refractivity contribution in [2.24, 2.45) is 0 Å². The van der Waals surface area contributed by atoms with Gasteiger partial charge in [-0.05, 0) is 6.92 Å². The maximum Gasteiger partial charge on any atom is 0.224 e. The minimum Gasteiger partial charge on any atom is -0.367 e. The van der Waals surface area contributed by atoms with Crippen LogP contribution in [0.4, 0.5) is 11.8 Å². The van der Waals surface area contributed by atoms with E-state index in [-0.39, 0.29) is 0 Å². The zero-order valence-corrected chi connectivity index (χ0v) is 12.7. The molecule has 1 saturated heterocycles. The first kappa shape index (κ1) is 14.7. The van der Waals surface area contributed by atoms with Crippen LogP contribution in [-0.4, -0.2) is 59.1 Å². The Morgan fingerprint density at radius 2 is 2.16 bits per heavy atom. The van der Waals surface area contributed by atoms with E-state index in [0.717, 1.165) is 19.6 Å². The topological polar surface area (TPSA) is 53.1 Å². The molecular formula is C12H20ClN5S. The number of anilines is 2. The predicted octanol–water partition coefficient (Wildman–Crippen LogP) is 2.02. The Morgan fingerprint density at radius 1 is 1.37 bits per heavy atom. The van der Waals surface area contributed by atoms with Gasteiger partial charge in [-0.1, -0.05) is 11.6 Å². The third-order valence-electron chi connectivity index (χ3n) is 2.90. The van der Waals surface area contributed by atoms with Crippen LogP contribution in [0, 0.1) is 0 Å². The Kier molecular flexibility index (Phi) is 6.00. The summed E-state index contributed by atoms with van der Waals surface area (Å²) in [6.07, 6.45) is 1.63. The Balaban J connectivity index is 1.82. The number of aromatic nitrogens is 2. The summed E-state index contributed by atoms with van der Waals surface area (Å²) in [4.78, 5) is 10.9.